The summed E-state index contributed by atoms with van der Waals surface area (Å²) in [4.78, 5) is 6.64. The van der Waals surface area contributed by atoms with Gasteiger partial charge in [0.2, 0.25) is 0 Å². The van der Waals surface area contributed by atoms with Crippen molar-refractivity contribution in [2.75, 3.05) is 18.0 Å². The van der Waals surface area contributed by atoms with Gasteiger partial charge in [-0.05, 0) is 31.4 Å². The summed E-state index contributed by atoms with van der Waals surface area (Å²) in [6.45, 7) is 10.6. The largest absolute Gasteiger partial charge is 0.387 e. The van der Waals surface area contributed by atoms with Crippen LogP contribution in [-0.4, -0.2) is 23.2 Å². The minimum atomic E-state index is -0.441. The maximum absolute atomic E-state index is 9.69. The Labute approximate surface area is 104 Å². The van der Waals surface area contributed by atoms with Crippen LogP contribution in [0, 0.1) is 5.92 Å². The molecule has 96 valence electrons. The second-order valence-electron chi connectivity index (χ2n) is 4.80. The highest BCUT2D eigenvalue weighted by Gasteiger charge is 2.09. The van der Waals surface area contributed by atoms with E-state index in [0.29, 0.717) is 12.3 Å². The third-order valence-corrected chi connectivity index (χ3v) is 2.83. The minimum Gasteiger partial charge on any atom is -0.387 e. The van der Waals surface area contributed by atoms with Gasteiger partial charge in [-0.2, -0.15) is 0 Å². The zero-order valence-corrected chi connectivity index (χ0v) is 11.3. The monoisotopic (exact) mass is 236 g/mol. The number of pyridine rings is 1. The molecule has 1 N–H and O–H groups in total. The molecular formula is C14H24N2O. The van der Waals surface area contributed by atoms with E-state index >= 15 is 0 Å². The van der Waals surface area contributed by atoms with Crippen molar-refractivity contribution in [2.45, 2.75) is 40.2 Å². The van der Waals surface area contributed by atoms with Gasteiger partial charge in [0.05, 0.1) is 23.7 Å². The molecular weight excluding hydrogens is 212 g/mol. The quantitative estimate of drug-likeness (QED) is 0.825. The highest BCUT2D eigenvalue weighted by Crippen LogP contribution is 2.19. The van der Waals surface area contributed by atoms with Crippen molar-refractivity contribution in [1.82, 2.24) is 4.98 Å². The van der Waals surface area contributed by atoms with Crippen LogP contribution in [0.3, 0.4) is 0 Å². The van der Waals surface area contributed by atoms with Gasteiger partial charge >= 0.3 is 0 Å². The maximum Gasteiger partial charge on any atom is 0.0957 e. The van der Waals surface area contributed by atoms with Crippen LogP contribution in [0.15, 0.2) is 18.3 Å². The topological polar surface area (TPSA) is 36.4 Å². The van der Waals surface area contributed by atoms with E-state index in [0.717, 1.165) is 24.5 Å². The lowest BCUT2D eigenvalue weighted by molar-refractivity contribution is 0.169. The Morgan fingerprint density at radius 3 is 2.41 bits per heavy atom. The molecule has 1 rings (SSSR count). The summed E-state index contributed by atoms with van der Waals surface area (Å²) in [6, 6.07) is 3.97. The molecule has 1 heterocycles. The van der Waals surface area contributed by atoms with Crippen molar-refractivity contribution in [3.8, 4) is 0 Å². The average molecular weight is 236 g/mol. The molecule has 3 nitrogen and oxygen atoms in total. The van der Waals surface area contributed by atoms with Gasteiger partial charge in [0.1, 0.15) is 0 Å². The van der Waals surface area contributed by atoms with Crippen molar-refractivity contribution < 1.29 is 5.11 Å². The molecule has 0 aliphatic carbocycles. The first kappa shape index (κ1) is 14.0. The molecule has 3 heteroatoms. The predicted octanol–water partition coefficient (Wildman–Crippen LogP) is 3.01. The second-order valence-corrected chi connectivity index (χ2v) is 4.80. The lowest BCUT2D eigenvalue weighted by atomic mass is 10.1. The number of aliphatic hydroxyl groups is 1. The third-order valence-electron chi connectivity index (χ3n) is 2.83. The first-order chi connectivity index (χ1) is 8.08. The molecule has 0 aromatic carbocycles. The van der Waals surface area contributed by atoms with E-state index in [9.17, 15) is 5.11 Å². The Balaban J connectivity index is 2.77. The fraction of sp³-hybridized carbons (Fsp3) is 0.643. The van der Waals surface area contributed by atoms with E-state index in [1.807, 2.05) is 25.3 Å². The highest BCUT2D eigenvalue weighted by atomic mass is 16.3. The Hall–Kier alpha value is -1.09. The molecule has 0 spiro atoms. The Morgan fingerprint density at radius 1 is 1.29 bits per heavy atom. The summed E-state index contributed by atoms with van der Waals surface area (Å²) in [6.07, 6.45) is 2.12. The summed E-state index contributed by atoms with van der Waals surface area (Å²) in [5.41, 5.74) is 1.89. The van der Waals surface area contributed by atoms with E-state index < -0.39 is 6.10 Å². The molecule has 0 unspecified atom stereocenters. The van der Waals surface area contributed by atoms with E-state index in [-0.39, 0.29) is 0 Å². The van der Waals surface area contributed by atoms with Gasteiger partial charge in [-0.3, -0.25) is 4.98 Å². The molecule has 1 aromatic heterocycles. The summed E-state index contributed by atoms with van der Waals surface area (Å²) >= 11 is 0. The van der Waals surface area contributed by atoms with Crippen LogP contribution in [0.2, 0.25) is 0 Å². The standard InChI is InChI=1S/C14H24N2O/c1-5-14(17)13-8-7-12(9-15-13)16(6-2)10-11(3)4/h7-9,11,14,17H,5-6,10H2,1-4H3/t14-/m0/s1. The van der Waals surface area contributed by atoms with Crippen LogP contribution < -0.4 is 4.90 Å². The van der Waals surface area contributed by atoms with Gasteiger partial charge in [-0.25, -0.2) is 0 Å². The average Bonchev–Trinajstić information content (AvgIpc) is 2.35. The molecule has 0 saturated heterocycles. The minimum absolute atomic E-state index is 0.441. The first-order valence-electron chi connectivity index (χ1n) is 6.47. The van der Waals surface area contributed by atoms with Crippen LogP contribution >= 0.6 is 0 Å². The molecule has 17 heavy (non-hydrogen) atoms. The summed E-state index contributed by atoms with van der Waals surface area (Å²) in [7, 11) is 0. The van der Waals surface area contributed by atoms with E-state index in [1.54, 1.807) is 0 Å². The predicted molar refractivity (Wildman–Crippen MR) is 72.2 cm³/mol. The van der Waals surface area contributed by atoms with Crippen LogP contribution in [-0.2, 0) is 0 Å². The second kappa shape index (κ2) is 6.60. The van der Waals surface area contributed by atoms with E-state index in [1.165, 1.54) is 0 Å². The SMILES string of the molecule is CC[C@H](O)c1ccc(N(CC)CC(C)C)cn1. The smallest absolute Gasteiger partial charge is 0.0957 e. The zero-order valence-electron chi connectivity index (χ0n) is 11.3. The molecule has 1 aromatic rings. The molecule has 0 bridgehead atoms. The van der Waals surface area contributed by atoms with Crippen molar-refractivity contribution in [3.63, 3.8) is 0 Å². The lowest BCUT2D eigenvalue weighted by Gasteiger charge is -2.25. The van der Waals surface area contributed by atoms with Crippen LogP contribution in [0.5, 0.6) is 0 Å². The Kier molecular flexibility index (Phi) is 5.42. The maximum atomic E-state index is 9.69. The fourth-order valence-electron chi connectivity index (χ4n) is 1.85. The number of aromatic nitrogens is 1. The van der Waals surface area contributed by atoms with E-state index in [4.69, 9.17) is 0 Å². The summed E-state index contributed by atoms with van der Waals surface area (Å²) in [5, 5.41) is 9.69. The van der Waals surface area contributed by atoms with Gasteiger partial charge in [-0.1, -0.05) is 20.8 Å². The molecule has 0 fully saturated rings. The van der Waals surface area contributed by atoms with Crippen molar-refractivity contribution >= 4 is 5.69 Å². The Bertz CT molecular complexity index is 321. The Morgan fingerprint density at radius 2 is 2.00 bits per heavy atom. The first-order valence-corrected chi connectivity index (χ1v) is 6.47. The number of anilines is 1. The van der Waals surface area contributed by atoms with E-state index in [2.05, 4.69) is 30.7 Å². The van der Waals surface area contributed by atoms with Gasteiger partial charge < -0.3 is 10.0 Å². The summed E-state index contributed by atoms with van der Waals surface area (Å²) < 4.78 is 0. The molecule has 1 atom stereocenters. The number of nitrogens with zero attached hydrogens (tertiary/aromatic N) is 2. The molecule has 0 saturated carbocycles. The van der Waals surface area contributed by atoms with Crippen LogP contribution in [0.4, 0.5) is 5.69 Å². The van der Waals surface area contributed by atoms with Crippen LogP contribution in [0.25, 0.3) is 0 Å². The number of hydrogen-bond acceptors (Lipinski definition) is 3. The van der Waals surface area contributed by atoms with Gasteiger partial charge in [0, 0.05) is 13.1 Å². The van der Waals surface area contributed by atoms with Crippen molar-refractivity contribution in [3.05, 3.63) is 24.0 Å². The number of rotatable bonds is 6. The third kappa shape index (κ3) is 4.00. The lowest BCUT2D eigenvalue weighted by Crippen LogP contribution is -2.27. The molecule has 0 aliphatic heterocycles. The fourth-order valence-corrected chi connectivity index (χ4v) is 1.85. The molecule has 0 aliphatic rings. The van der Waals surface area contributed by atoms with Crippen molar-refractivity contribution in [1.29, 1.82) is 0 Å². The zero-order chi connectivity index (χ0) is 12.8. The number of aliphatic hydroxyl groups excluding tert-OH is 1. The normalized spacial score (nSPS) is 12.8. The molecule has 0 radical (unpaired) electrons. The van der Waals surface area contributed by atoms with Crippen molar-refractivity contribution in [2.24, 2.45) is 5.92 Å². The van der Waals surface area contributed by atoms with Gasteiger partial charge in [0.25, 0.3) is 0 Å². The van der Waals surface area contributed by atoms with Crippen LogP contribution in [0.1, 0.15) is 45.9 Å². The highest BCUT2D eigenvalue weighted by molar-refractivity contribution is 5.44. The number of hydrogen-bond donors (Lipinski definition) is 1. The van der Waals surface area contributed by atoms with Gasteiger partial charge in [-0.15, -0.1) is 0 Å². The van der Waals surface area contributed by atoms with Gasteiger partial charge in [0.15, 0.2) is 0 Å². The summed E-state index contributed by atoms with van der Waals surface area (Å²) in [5.74, 6) is 0.635. The molecule has 0 amide bonds.